The lowest BCUT2D eigenvalue weighted by atomic mass is 9.99. The van der Waals surface area contributed by atoms with Crippen molar-refractivity contribution < 1.29 is 19.1 Å². The Morgan fingerprint density at radius 3 is 2.74 bits per heavy atom. The molecule has 23 heavy (non-hydrogen) atoms. The van der Waals surface area contributed by atoms with E-state index in [9.17, 15) is 9.59 Å². The second-order valence-corrected chi connectivity index (χ2v) is 5.17. The van der Waals surface area contributed by atoms with Gasteiger partial charge in [-0.1, -0.05) is 35.4 Å². The standard InChI is InChI=1S/C15H18N4O4/c1-22-14(20)13-8-7-12(17-18-16)9-19(13)15(21)23-10-11-5-3-2-4-6-11/h2-6,12-13H,7-10H2,1H3/t12-,13+/m1/s1. The van der Waals surface area contributed by atoms with Gasteiger partial charge < -0.3 is 9.47 Å². The molecule has 0 aliphatic carbocycles. The minimum absolute atomic E-state index is 0.107. The molecule has 0 saturated carbocycles. The highest BCUT2D eigenvalue weighted by Gasteiger charge is 2.37. The van der Waals surface area contributed by atoms with E-state index < -0.39 is 18.1 Å². The largest absolute Gasteiger partial charge is 0.467 e. The van der Waals surface area contributed by atoms with Gasteiger partial charge in [-0.2, -0.15) is 0 Å². The number of carbonyl (C=O) groups is 2. The van der Waals surface area contributed by atoms with Crippen molar-refractivity contribution in [2.45, 2.75) is 31.5 Å². The van der Waals surface area contributed by atoms with E-state index in [2.05, 4.69) is 10.0 Å². The van der Waals surface area contributed by atoms with E-state index in [1.165, 1.54) is 12.0 Å². The maximum Gasteiger partial charge on any atom is 0.410 e. The Bertz CT molecular complexity index is 601. The third-order valence-corrected chi connectivity index (χ3v) is 3.68. The molecule has 122 valence electrons. The number of ether oxygens (including phenoxy) is 2. The molecule has 1 amide bonds. The molecule has 1 aromatic rings. The van der Waals surface area contributed by atoms with E-state index >= 15 is 0 Å². The van der Waals surface area contributed by atoms with E-state index in [1.807, 2.05) is 30.3 Å². The molecule has 0 radical (unpaired) electrons. The molecule has 1 aromatic carbocycles. The minimum atomic E-state index is -0.714. The zero-order chi connectivity index (χ0) is 16.7. The van der Waals surface area contributed by atoms with Crippen LogP contribution in [0.1, 0.15) is 18.4 Å². The molecule has 1 heterocycles. The number of azide groups is 1. The summed E-state index contributed by atoms with van der Waals surface area (Å²) >= 11 is 0. The van der Waals surface area contributed by atoms with Crippen molar-refractivity contribution in [2.24, 2.45) is 5.11 Å². The SMILES string of the molecule is COC(=O)[C@@H]1CC[C@@H](N=[N+]=[N-])CN1C(=O)OCc1ccccc1. The van der Waals surface area contributed by atoms with Gasteiger partial charge in [0.1, 0.15) is 12.6 Å². The van der Waals surface area contributed by atoms with Crippen LogP contribution in [0, 0.1) is 0 Å². The molecule has 8 nitrogen and oxygen atoms in total. The first-order valence-corrected chi connectivity index (χ1v) is 7.25. The number of rotatable bonds is 4. The normalized spacial score (nSPS) is 20.3. The number of amides is 1. The molecule has 1 saturated heterocycles. The predicted octanol–water partition coefficient (Wildman–Crippen LogP) is 2.64. The zero-order valence-electron chi connectivity index (χ0n) is 12.8. The van der Waals surface area contributed by atoms with Crippen LogP contribution in [-0.4, -0.2) is 42.7 Å². The molecule has 0 N–H and O–H groups in total. The van der Waals surface area contributed by atoms with Crippen molar-refractivity contribution in [2.75, 3.05) is 13.7 Å². The van der Waals surface area contributed by atoms with Crippen LogP contribution in [0.4, 0.5) is 4.79 Å². The quantitative estimate of drug-likeness (QED) is 0.368. The van der Waals surface area contributed by atoms with Gasteiger partial charge >= 0.3 is 12.1 Å². The van der Waals surface area contributed by atoms with Crippen LogP contribution < -0.4 is 0 Å². The van der Waals surface area contributed by atoms with E-state index in [4.69, 9.17) is 15.0 Å². The summed E-state index contributed by atoms with van der Waals surface area (Å²) in [6, 6.07) is 8.15. The van der Waals surface area contributed by atoms with Crippen molar-refractivity contribution in [3.05, 3.63) is 46.3 Å². The summed E-state index contributed by atoms with van der Waals surface area (Å²) in [6.45, 7) is 0.244. The van der Waals surface area contributed by atoms with Gasteiger partial charge in [-0.3, -0.25) is 4.90 Å². The van der Waals surface area contributed by atoms with Gasteiger partial charge in [-0.15, -0.1) is 0 Å². The highest BCUT2D eigenvalue weighted by Crippen LogP contribution is 2.22. The Morgan fingerprint density at radius 2 is 2.09 bits per heavy atom. The molecular weight excluding hydrogens is 300 g/mol. The maximum atomic E-state index is 12.3. The molecular formula is C15H18N4O4. The fourth-order valence-corrected chi connectivity index (χ4v) is 2.50. The summed E-state index contributed by atoms with van der Waals surface area (Å²) in [5.41, 5.74) is 9.40. The number of piperidine rings is 1. The molecule has 2 atom stereocenters. The lowest BCUT2D eigenvalue weighted by Gasteiger charge is -2.35. The summed E-state index contributed by atoms with van der Waals surface area (Å²) in [7, 11) is 1.27. The highest BCUT2D eigenvalue weighted by molar-refractivity contribution is 5.81. The van der Waals surface area contributed by atoms with Gasteiger partial charge in [-0.05, 0) is 23.9 Å². The number of carbonyl (C=O) groups excluding carboxylic acids is 2. The fourth-order valence-electron chi connectivity index (χ4n) is 2.50. The maximum absolute atomic E-state index is 12.3. The third kappa shape index (κ3) is 4.37. The second-order valence-electron chi connectivity index (χ2n) is 5.17. The molecule has 0 aromatic heterocycles. The molecule has 1 fully saturated rings. The number of esters is 1. The van der Waals surface area contributed by atoms with Crippen LogP contribution in [-0.2, 0) is 20.9 Å². The van der Waals surface area contributed by atoms with Crippen LogP contribution in [0.15, 0.2) is 35.4 Å². The first-order chi connectivity index (χ1) is 11.2. The number of nitrogens with zero attached hydrogens (tertiary/aromatic N) is 4. The van der Waals surface area contributed by atoms with Crippen LogP contribution in [0.2, 0.25) is 0 Å². The van der Waals surface area contributed by atoms with Crippen molar-refractivity contribution in [1.29, 1.82) is 0 Å². The van der Waals surface area contributed by atoms with Crippen molar-refractivity contribution in [3.63, 3.8) is 0 Å². The monoisotopic (exact) mass is 318 g/mol. The Hall–Kier alpha value is -2.73. The molecule has 1 aliphatic rings. The van der Waals surface area contributed by atoms with Crippen LogP contribution >= 0.6 is 0 Å². The lowest BCUT2D eigenvalue weighted by Crippen LogP contribution is -2.52. The Morgan fingerprint density at radius 1 is 1.35 bits per heavy atom. The summed E-state index contributed by atoms with van der Waals surface area (Å²) in [6.07, 6.45) is 0.269. The summed E-state index contributed by atoms with van der Waals surface area (Å²) in [4.78, 5) is 28.2. The van der Waals surface area contributed by atoms with Crippen LogP contribution in [0.5, 0.6) is 0 Å². The van der Waals surface area contributed by atoms with Crippen molar-refractivity contribution >= 4 is 12.1 Å². The molecule has 0 spiro atoms. The summed E-state index contributed by atoms with van der Waals surface area (Å²) in [5, 5.41) is 3.63. The van der Waals surface area contributed by atoms with E-state index in [0.29, 0.717) is 12.8 Å². The smallest absolute Gasteiger partial charge is 0.410 e. The summed E-state index contributed by atoms with van der Waals surface area (Å²) < 4.78 is 10.00. The van der Waals surface area contributed by atoms with Crippen LogP contribution in [0.3, 0.4) is 0 Å². The first-order valence-electron chi connectivity index (χ1n) is 7.25. The first kappa shape index (κ1) is 16.6. The molecule has 1 aliphatic heterocycles. The van der Waals surface area contributed by atoms with Crippen molar-refractivity contribution in [1.82, 2.24) is 4.90 Å². The molecule has 2 rings (SSSR count). The van der Waals surface area contributed by atoms with Gasteiger partial charge in [0.25, 0.3) is 0 Å². The van der Waals surface area contributed by atoms with Gasteiger partial charge in [0.05, 0.1) is 13.2 Å². The third-order valence-electron chi connectivity index (χ3n) is 3.68. The van der Waals surface area contributed by atoms with E-state index in [-0.39, 0.29) is 19.2 Å². The predicted molar refractivity (Wildman–Crippen MR) is 81.3 cm³/mol. The van der Waals surface area contributed by atoms with Crippen LogP contribution in [0.25, 0.3) is 10.4 Å². The van der Waals surface area contributed by atoms with E-state index in [1.54, 1.807) is 0 Å². The van der Waals surface area contributed by atoms with Gasteiger partial charge in [0.2, 0.25) is 0 Å². The fraction of sp³-hybridized carbons (Fsp3) is 0.467. The van der Waals surface area contributed by atoms with Gasteiger partial charge in [0, 0.05) is 11.5 Å². The van der Waals surface area contributed by atoms with Crippen molar-refractivity contribution in [3.8, 4) is 0 Å². The molecule has 0 bridgehead atoms. The number of likely N-dealkylation sites (tertiary alicyclic amines) is 1. The average molecular weight is 318 g/mol. The highest BCUT2D eigenvalue weighted by atomic mass is 16.6. The van der Waals surface area contributed by atoms with Gasteiger partial charge in [-0.25, -0.2) is 9.59 Å². The Kier molecular flexibility index (Phi) is 5.82. The lowest BCUT2D eigenvalue weighted by molar-refractivity contribution is -0.147. The minimum Gasteiger partial charge on any atom is -0.467 e. The number of methoxy groups -OCH3 is 1. The number of benzene rings is 1. The average Bonchev–Trinajstić information content (AvgIpc) is 2.60. The number of hydrogen-bond acceptors (Lipinski definition) is 5. The second kappa shape index (κ2) is 8.05. The topological polar surface area (TPSA) is 105 Å². The number of hydrogen-bond donors (Lipinski definition) is 0. The zero-order valence-corrected chi connectivity index (χ0v) is 12.8. The Labute approximate surface area is 133 Å². The van der Waals surface area contributed by atoms with E-state index in [0.717, 1.165) is 5.56 Å². The van der Waals surface area contributed by atoms with Gasteiger partial charge in [0.15, 0.2) is 0 Å². The molecule has 0 unspecified atom stereocenters. The Balaban J connectivity index is 2.04. The summed E-state index contributed by atoms with van der Waals surface area (Å²) in [5.74, 6) is -0.499. The molecule has 8 heteroatoms.